The lowest BCUT2D eigenvalue weighted by molar-refractivity contribution is -0.142. The van der Waals surface area contributed by atoms with Crippen molar-refractivity contribution in [2.45, 2.75) is 40.5 Å². The number of carboxylic acid groups (broad SMARTS) is 1. The zero-order valence-electron chi connectivity index (χ0n) is 23.0. The summed E-state index contributed by atoms with van der Waals surface area (Å²) in [6.07, 6.45) is -0.525. The first-order valence-electron chi connectivity index (χ1n) is 12.2. The van der Waals surface area contributed by atoms with E-state index in [2.05, 4.69) is 0 Å². The molecule has 0 saturated carbocycles. The van der Waals surface area contributed by atoms with Gasteiger partial charge in [-0.05, 0) is 45.4 Å². The van der Waals surface area contributed by atoms with Crippen LogP contribution >= 0.6 is 0 Å². The van der Waals surface area contributed by atoms with Crippen molar-refractivity contribution in [2.24, 2.45) is 0 Å². The van der Waals surface area contributed by atoms with E-state index in [9.17, 15) is 24.3 Å². The number of benzene rings is 2. The summed E-state index contributed by atoms with van der Waals surface area (Å²) in [6.45, 7) is 7.07. The Labute approximate surface area is 228 Å². The SMILES string of the molecule is CCOC(=O)Cc1c(C)oc2cc(C)cc(OC)c2c1=O.COc1cc(O)cc2oc(C)c(CC(=O)O)c(=O)c12. The first-order valence-corrected chi connectivity index (χ1v) is 12.2. The van der Waals surface area contributed by atoms with E-state index < -0.39 is 23.8 Å². The second kappa shape index (κ2) is 12.4. The lowest BCUT2D eigenvalue weighted by Crippen LogP contribution is -2.18. The highest BCUT2D eigenvalue weighted by atomic mass is 16.5. The molecular formula is C29H30O11. The van der Waals surface area contributed by atoms with Crippen molar-refractivity contribution in [3.05, 3.63) is 72.9 Å². The number of phenolic OH excluding ortho intramolecular Hbond substituents is 1. The molecule has 2 N–H and O–H groups in total. The van der Waals surface area contributed by atoms with E-state index in [1.165, 1.54) is 33.3 Å². The van der Waals surface area contributed by atoms with Gasteiger partial charge in [0.15, 0.2) is 10.9 Å². The molecule has 2 aromatic heterocycles. The van der Waals surface area contributed by atoms with Gasteiger partial charge in [-0.15, -0.1) is 0 Å². The number of aromatic hydroxyl groups is 1. The maximum absolute atomic E-state index is 12.6. The molecule has 0 unspecified atom stereocenters. The molecule has 0 radical (unpaired) electrons. The van der Waals surface area contributed by atoms with Crippen molar-refractivity contribution in [1.29, 1.82) is 0 Å². The van der Waals surface area contributed by atoms with Crippen LogP contribution in [0.5, 0.6) is 17.2 Å². The minimum Gasteiger partial charge on any atom is -0.508 e. The standard InChI is InChI=1S/C16H18O5.C13H12O6/c1-5-20-14(17)8-11-10(3)21-13-7-9(2)6-12(19-4)15(13)16(11)18;1-6-8(5-11(15)16)13(17)12-9(18-2)3-7(14)4-10(12)19-6/h6-7H,5,8H2,1-4H3;3-4,14H,5H2,1-2H3,(H,15,16). The molecule has 2 heterocycles. The van der Waals surface area contributed by atoms with Gasteiger partial charge < -0.3 is 33.3 Å². The van der Waals surface area contributed by atoms with Crippen LogP contribution in [0.3, 0.4) is 0 Å². The molecular weight excluding hydrogens is 524 g/mol. The molecule has 4 aromatic rings. The van der Waals surface area contributed by atoms with Gasteiger partial charge in [0.1, 0.15) is 50.7 Å². The number of phenols is 1. The molecule has 212 valence electrons. The molecule has 0 amide bonds. The largest absolute Gasteiger partial charge is 0.508 e. The number of rotatable bonds is 7. The van der Waals surface area contributed by atoms with Gasteiger partial charge >= 0.3 is 11.9 Å². The van der Waals surface area contributed by atoms with Gasteiger partial charge in [0.25, 0.3) is 0 Å². The Morgan fingerprint density at radius 3 is 1.80 bits per heavy atom. The van der Waals surface area contributed by atoms with Gasteiger partial charge in [-0.2, -0.15) is 0 Å². The van der Waals surface area contributed by atoms with Crippen LogP contribution in [-0.2, 0) is 27.2 Å². The molecule has 40 heavy (non-hydrogen) atoms. The highest BCUT2D eigenvalue weighted by molar-refractivity contribution is 5.87. The molecule has 0 bridgehead atoms. The smallest absolute Gasteiger partial charge is 0.310 e. The Bertz CT molecular complexity index is 1710. The lowest BCUT2D eigenvalue weighted by atomic mass is 10.1. The summed E-state index contributed by atoms with van der Waals surface area (Å²) >= 11 is 0. The van der Waals surface area contributed by atoms with Gasteiger partial charge in [-0.25, -0.2) is 0 Å². The highest BCUT2D eigenvalue weighted by Gasteiger charge is 2.19. The van der Waals surface area contributed by atoms with E-state index in [4.69, 9.17) is 28.2 Å². The Balaban J connectivity index is 0.000000222. The van der Waals surface area contributed by atoms with Crippen molar-refractivity contribution in [2.75, 3.05) is 20.8 Å². The van der Waals surface area contributed by atoms with Crippen LogP contribution in [-0.4, -0.2) is 43.0 Å². The average Bonchev–Trinajstić information content (AvgIpc) is 2.88. The van der Waals surface area contributed by atoms with Crippen LogP contribution in [0.2, 0.25) is 0 Å². The van der Waals surface area contributed by atoms with E-state index in [-0.39, 0.29) is 52.2 Å². The van der Waals surface area contributed by atoms with Crippen LogP contribution in [0.15, 0.2) is 42.7 Å². The van der Waals surface area contributed by atoms with Crippen LogP contribution < -0.4 is 20.3 Å². The number of hydrogen-bond donors (Lipinski definition) is 2. The number of fused-ring (bicyclic) bond motifs is 2. The fourth-order valence-electron chi connectivity index (χ4n) is 4.22. The van der Waals surface area contributed by atoms with Crippen molar-refractivity contribution in [3.63, 3.8) is 0 Å². The predicted octanol–water partition coefficient (Wildman–Crippen LogP) is 3.97. The van der Waals surface area contributed by atoms with Gasteiger partial charge in [0.05, 0.1) is 33.7 Å². The number of esters is 1. The van der Waals surface area contributed by atoms with Crippen molar-refractivity contribution >= 4 is 33.9 Å². The van der Waals surface area contributed by atoms with Gasteiger partial charge in [0, 0.05) is 23.3 Å². The minimum absolute atomic E-state index is 0.0731. The zero-order chi connectivity index (χ0) is 29.7. The van der Waals surface area contributed by atoms with E-state index in [0.29, 0.717) is 28.0 Å². The molecule has 0 aliphatic carbocycles. The molecule has 0 aliphatic heterocycles. The molecule has 0 spiro atoms. The third kappa shape index (κ3) is 6.25. The maximum atomic E-state index is 12.6. The van der Waals surface area contributed by atoms with Gasteiger partial charge in [-0.3, -0.25) is 19.2 Å². The molecule has 11 heteroatoms. The summed E-state index contributed by atoms with van der Waals surface area (Å²) in [5.41, 5.74) is 1.22. The Kier molecular flexibility index (Phi) is 9.20. The summed E-state index contributed by atoms with van der Waals surface area (Å²) in [5, 5.41) is 18.8. The first kappa shape index (κ1) is 29.8. The van der Waals surface area contributed by atoms with Gasteiger partial charge in [0.2, 0.25) is 0 Å². The van der Waals surface area contributed by atoms with Crippen LogP contribution in [0.25, 0.3) is 21.9 Å². The normalized spacial score (nSPS) is 10.7. The quantitative estimate of drug-likeness (QED) is 0.318. The number of carboxylic acids is 1. The van der Waals surface area contributed by atoms with E-state index in [0.717, 1.165) is 5.56 Å². The van der Waals surface area contributed by atoms with Crippen LogP contribution in [0, 0.1) is 20.8 Å². The van der Waals surface area contributed by atoms with Crippen LogP contribution in [0.1, 0.15) is 35.1 Å². The molecule has 0 atom stereocenters. The topological polar surface area (TPSA) is 163 Å². The number of methoxy groups -OCH3 is 2. The number of carbonyl (C=O) groups is 2. The summed E-state index contributed by atoms with van der Waals surface area (Å²) < 4.78 is 26.3. The molecule has 0 fully saturated rings. The lowest BCUT2D eigenvalue weighted by Gasteiger charge is -2.10. The van der Waals surface area contributed by atoms with Crippen LogP contribution in [0.4, 0.5) is 0 Å². The average molecular weight is 555 g/mol. The minimum atomic E-state index is -1.12. The van der Waals surface area contributed by atoms with E-state index in [1.807, 2.05) is 6.92 Å². The summed E-state index contributed by atoms with van der Waals surface area (Å²) in [7, 11) is 2.85. The second-order valence-electron chi connectivity index (χ2n) is 8.85. The molecule has 11 nitrogen and oxygen atoms in total. The number of hydrogen-bond acceptors (Lipinski definition) is 10. The fraction of sp³-hybridized carbons (Fsp3) is 0.310. The third-order valence-electron chi connectivity index (χ3n) is 6.03. The predicted molar refractivity (Wildman–Crippen MR) is 146 cm³/mol. The fourth-order valence-corrected chi connectivity index (χ4v) is 4.22. The first-order chi connectivity index (χ1) is 18.9. The van der Waals surface area contributed by atoms with E-state index in [1.54, 1.807) is 26.0 Å². The monoisotopic (exact) mass is 554 g/mol. The number of aliphatic carboxylic acids is 1. The Hall–Kier alpha value is -4.80. The number of ether oxygens (including phenoxy) is 3. The summed E-state index contributed by atoms with van der Waals surface area (Å²) in [6, 6.07) is 6.11. The molecule has 4 rings (SSSR count). The maximum Gasteiger partial charge on any atom is 0.310 e. The summed E-state index contributed by atoms with van der Waals surface area (Å²) in [5.74, 6) is -0.427. The Morgan fingerprint density at radius 1 is 0.800 bits per heavy atom. The summed E-state index contributed by atoms with van der Waals surface area (Å²) in [4.78, 5) is 47.3. The molecule has 2 aromatic carbocycles. The van der Waals surface area contributed by atoms with Crippen molar-refractivity contribution in [3.8, 4) is 17.2 Å². The third-order valence-corrected chi connectivity index (χ3v) is 6.03. The van der Waals surface area contributed by atoms with Crippen molar-refractivity contribution in [1.82, 2.24) is 0 Å². The molecule has 0 aliphatic rings. The zero-order valence-corrected chi connectivity index (χ0v) is 23.0. The van der Waals surface area contributed by atoms with Gasteiger partial charge in [-0.1, -0.05) is 0 Å². The van der Waals surface area contributed by atoms with Crippen molar-refractivity contribution < 1.29 is 42.8 Å². The highest BCUT2D eigenvalue weighted by Crippen LogP contribution is 2.30. The molecule has 0 saturated heterocycles. The Morgan fingerprint density at radius 2 is 1.30 bits per heavy atom. The van der Waals surface area contributed by atoms with E-state index >= 15 is 0 Å². The second-order valence-corrected chi connectivity index (χ2v) is 8.85. The number of aryl methyl sites for hydroxylation is 3. The number of carbonyl (C=O) groups excluding carboxylic acids is 1.